The van der Waals surface area contributed by atoms with E-state index in [1.165, 1.54) is 0 Å². The maximum atomic E-state index is 8.57. The summed E-state index contributed by atoms with van der Waals surface area (Å²) in [4.78, 5) is 0. The zero-order valence-electron chi connectivity index (χ0n) is 5.33. The lowest BCUT2D eigenvalue weighted by molar-refractivity contribution is 0.342. The second-order valence-corrected chi connectivity index (χ2v) is 4.74. The smallest absolute Gasteiger partial charge is 0.0649 e. The van der Waals surface area contributed by atoms with Crippen molar-refractivity contribution in [1.29, 1.82) is 0 Å². The topological polar surface area (TPSA) is 40.5 Å². The van der Waals surface area contributed by atoms with Crippen LogP contribution in [0.25, 0.3) is 0 Å². The normalized spacial score (nSPS) is 11.2. The molecule has 2 N–H and O–H groups in total. The molecule has 0 saturated heterocycles. The Hall–Kier alpha value is 0.350. The van der Waals surface area contributed by atoms with Gasteiger partial charge >= 0.3 is 0 Å². The fourth-order valence-corrected chi connectivity index (χ4v) is 1.11. The van der Waals surface area contributed by atoms with Gasteiger partial charge < -0.3 is 10.2 Å². The molecule has 0 aromatic carbocycles. The van der Waals surface area contributed by atoms with E-state index in [2.05, 4.69) is 0 Å². The fraction of sp³-hybridized carbons (Fsp3) is 1.00. The molecule has 50 valence electrons. The van der Waals surface area contributed by atoms with Gasteiger partial charge in [0.15, 0.2) is 0 Å². The van der Waals surface area contributed by atoms with Crippen LogP contribution in [-0.4, -0.2) is 28.6 Å². The van der Waals surface area contributed by atoms with Gasteiger partial charge in [0.2, 0.25) is 0 Å². The Morgan fingerprint density at radius 2 is 1.62 bits per heavy atom. The van der Waals surface area contributed by atoms with Crippen LogP contribution in [0.5, 0.6) is 0 Å². The minimum atomic E-state index is -0.504. The van der Waals surface area contributed by atoms with Gasteiger partial charge in [-0.05, 0) is 5.66 Å². The molecule has 0 radical (unpaired) electrons. The van der Waals surface area contributed by atoms with Gasteiger partial charge in [-0.2, -0.15) is 0 Å². The Kier molecular flexibility index (Phi) is 4.44. The summed E-state index contributed by atoms with van der Waals surface area (Å²) in [6.45, 7) is 4.02. The highest BCUT2D eigenvalue weighted by molar-refractivity contribution is 7.57. The van der Waals surface area contributed by atoms with Gasteiger partial charge in [-0.15, -0.1) is 0 Å². The van der Waals surface area contributed by atoms with E-state index in [1.54, 1.807) is 0 Å². The lowest BCUT2D eigenvalue weighted by Gasteiger charge is -2.14. The fourth-order valence-electron chi connectivity index (χ4n) is 0.371. The summed E-state index contributed by atoms with van der Waals surface area (Å²) >= 11 is 0. The van der Waals surface area contributed by atoms with Crippen LogP contribution in [0, 0.1) is 0 Å². The predicted molar refractivity (Wildman–Crippen MR) is 36.2 cm³/mol. The highest BCUT2D eigenvalue weighted by Gasteiger charge is 2.07. The molecule has 0 atom stereocenters. The quantitative estimate of drug-likeness (QED) is 0.563. The van der Waals surface area contributed by atoms with E-state index < -0.39 is 7.92 Å². The molecule has 0 aliphatic carbocycles. The molecule has 3 heteroatoms. The van der Waals surface area contributed by atoms with Crippen LogP contribution in [0.3, 0.4) is 0 Å². The van der Waals surface area contributed by atoms with Crippen molar-refractivity contribution in [2.24, 2.45) is 0 Å². The Morgan fingerprint density at radius 3 is 1.62 bits per heavy atom. The molecule has 2 nitrogen and oxygen atoms in total. The maximum Gasteiger partial charge on any atom is 0.0649 e. The maximum absolute atomic E-state index is 8.57. The van der Waals surface area contributed by atoms with E-state index in [9.17, 15) is 0 Å². The summed E-state index contributed by atoms with van der Waals surface area (Å²) in [7, 11) is -0.504. The Balaban J connectivity index is 3.35. The van der Waals surface area contributed by atoms with E-state index in [1.807, 2.05) is 13.8 Å². The van der Waals surface area contributed by atoms with E-state index >= 15 is 0 Å². The number of rotatable bonds is 3. The highest BCUT2D eigenvalue weighted by Crippen LogP contribution is 2.37. The van der Waals surface area contributed by atoms with Crippen molar-refractivity contribution in [2.45, 2.75) is 19.5 Å². The third-order valence-corrected chi connectivity index (χ3v) is 3.28. The van der Waals surface area contributed by atoms with Crippen LogP contribution in [0.1, 0.15) is 13.8 Å². The second kappa shape index (κ2) is 4.25. The molecule has 0 spiro atoms. The number of hydrogen-bond acceptors (Lipinski definition) is 2. The zero-order valence-corrected chi connectivity index (χ0v) is 6.23. The van der Waals surface area contributed by atoms with Crippen molar-refractivity contribution in [3.63, 3.8) is 0 Å². The van der Waals surface area contributed by atoms with Gasteiger partial charge in [0.1, 0.15) is 0 Å². The first kappa shape index (κ1) is 8.35. The molecule has 0 aliphatic rings. The lowest BCUT2D eigenvalue weighted by atomic mass is 10.6. The Bertz CT molecular complexity index is 52.4. The summed E-state index contributed by atoms with van der Waals surface area (Å²) in [5.41, 5.74) is 0.444. The first-order valence-corrected chi connectivity index (χ1v) is 4.46. The van der Waals surface area contributed by atoms with Gasteiger partial charge in [-0.3, -0.25) is 0 Å². The van der Waals surface area contributed by atoms with Gasteiger partial charge in [-0.1, -0.05) is 21.8 Å². The number of hydrogen-bond donors (Lipinski definition) is 2. The van der Waals surface area contributed by atoms with Crippen LogP contribution < -0.4 is 0 Å². The zero-order chi connectivity index (χ0) is 6.57. The van der Waals surface area contributed by atoms with Crippen LogP contribution in [0.15, 0.2) is 0 Å². The number of aliphatic hydroxyl groups is 2. The van der Waals surface area contributed by atoms with Crippen LogP contribution in [0.2, 0.25) is 0 Å². The first-order chi connectivity index (χ1) is 3.72. The van der Waals surface area contributed by atoms with E-state index in [0.717, 1.165) is 0 Å². The summed E-state index contributed by atoms with van der Waals surface area (Å²) in [5.74, 6) is 0. The summed E-state index contributed by atoms with van der Waals surface area (Å²) in [6.07, 6.45) is 0.312. The first-order valence-electron chi connectivity index (χ1n) is 2.68. The monoisotopic (exact) mass is 136 g/mol. The summed E-state index contributed by atoms with van der Waals surface area (Å²) in [5, 5.41) is 17.1. The molecule has 0 aromatic heterocycles. The van der Waals surface area contributed by atoms with Crippen LogP contribution in [-0.2, 0) is 0 Å². The van der Waals surface area contributed by atoms with Crippen molar-refractivity contribution in [2.75, 3.05) is 12.7 Å². The van der Waals surface area contributed by atoms with Crippen molar-refractivity contribution in [1.82, 2.24) is 0 Å². The molecule has 0 amide bonds. The predicted octanol–water partition coefficient (Wildman–Crippen LogP) is 0.776. The Morgan fingerprint density at radius 1 is 1.25 bits per heavy atom. The molecule has 0 unspecified atom stereocenters. The van der Waals surface area contributed by atoms with Crippen LogP contribution >= 0.6 is 7.92 Å². The van der Waals surface area contributed by atoms with Crippen LogP contribution in [0.4, 0.5) is 0 Å². The summed E-state index contributed by atoms with van der Waals surface area (Å²) in [6, 6.07) is 0. The third-order valence-electron chi connectivity index (χ3n) is 1.09. The van der Waals surface area contributed by atoms with E-state index in [4.69, 9.17) is 10.2 Å². The largest absolute Gasteiger partial charge is 0.392 e. The summed E-state index contributed by atoms with van der Waals surface area (Å²) < 4.78 is 0. The van der Waals surface area contributed by atoms with Gasteiger partial charge in [-0.25, -0.2) is 0 Å². The standard InChI is InChI=1S/C5H13O2P/c1-5(2)8(3-6)4-7/h5-7H,3-4H2,1-2H3. The Labute approximate surface area is 51.3 Å². The lowest BCUT2D eigenvalue weighted by Crippen LogP contribution is -1.99. The average molecular weight is 136 g/mol. The highest BCUT2D eigenvalue weighted by atomic mass is 31.1. The van der Waals surface area contributed by atoms with Crippen molar-refractivity contribution < 1.29 is 10.2 Å². The van der Waals surface area contributed by atoms with E-state index in [0.29, 0.717) is 5.66 Å². The van der Waals surface area contributed by atoms with Crippen molar-refractivity contribution >= 4 is 7.92 Å². The SMILES string of the molecule is CC(C)P(CO)CO. The molecule has 0 bridgehead atoms. The molecule has 0 aliphatic heterocycles. The van der Waals surface area contributed by atoms with Gasteiger partial charge in [0.05, 0.1) is 12.7 Å². The minimum Gasteiger partial charge on any atom is -0.392 e. The molecule has 0 fully saturated rings. The third kappa shape index (κ3) is 2.61. The second-order valence-electron chi connectivity index (χ2n) is 1.97. The van der Waals surface area contributed by atoms with Gasteiger partial charge in [0, 0.05) is 0 Å². The minimum absolute atomic E-state index is 0.156. The molecular weight excluding hydrogens is 123 g/mol. The average Bonchev–Trinajstić information content (AvgIpc) is 1.69. The number of aliphatic hydroxyl groups excluding tert-OH is 2. The van der Waals surface area contributed by atoms with Gasteiger partial charge in [0.25, 0.3) is 0 Å². The van der Waals surface area contributed by atoms with E-state index in [-0.39, 0.29) is 12.7 Å². The molecular formula is C5H13O2P. The van der Waals surface area contributed by atoms with Crippen molar-refractivity contribution in [3.05, 3.63) is 0 Å². The van der Waals surface area contributed by atoms with Crippen molar-refractivity contribution in [3.8, 4) is 0 Å². The molecule has 0 heterocycles. The molecule has 0 aromatic rings. The molecule has 0 rings (SSSR count). The molecule has 8 heavy (non-hydrogen) atoms. The molecule has 0 saturated carbocycles.